The minimum atomic E-state index is -4.23. The molecule has 0 unspecified atom stereocenters. The van der Waals surface area contributed by atoms with Gasteiger partial charge >= 0.3 is 5.51 Å². The number of benzene rings is 1. The molecule has 1 nitrogen and oxygen atoms in total. The standard InChI is InChI=1S/C16H22F3NS/c1-11(2)14(10-20-12(3)4)9-13-5-7-15(8-6-13)21-16(17,18)19/h5-9,11-12,20H,10H2,1-4H3. The lowest BCUT2D eigenvalue weighted by molar-refractivity contribution is -0.0328. The first kappa shape index (κ1) is 18.1. The number of rotatable bonds is 6. The van der Waals surface area contributed by atoms with Gasteiger partial charge < -0.3 is 5.32 Å². The number of halogens is 3. The van der Waals surface area contributed by atoms with E-state index >= 15 is 0 Å². The van der Waals surface area contributed by atoms with E-state index in [1.165, 1.54) is 17.7 Å². The van der Waals surface area contributed by atoms with Gasteiger partial charge in [-0.25, -0.2) is 0 Å². The molecule has 1 N–H and O–H groups in total. The fourth-order valence-corrected chi connectivity index (χ4v) is 2.26. The Morgan fingerprint density at radius 3 is 2.14 bits per heavy atom. The summed E-state index contributed by atoms with van der Waals surface area (Å²) >= 11 is -0.0842. The van der Waals surface area contributed by atoms with Gasteiger partial charge in [-0.05, 0) is 35.4 Å². The van der Waals surface area contributed by atoms with E-state index in [-0.39, 0.29) is 16.7 Å². The molecule has 1 aromatic carbocycles. The topological polar surface area (TPSA) is 12.0 Å². The van der Waals surface area contributed by atoms with Crippen molar-refractivity contribution in [1.29, 1.82) is 0 Å². The highest BCUT2D eigenvalue weighted by molar-refractivity contribution is 8.00. The van der Waals surface area contributed by atoms with E-state index in [1.807, 2.05) is 6.08 Å². The van der Waals surface area contributed by atoms with E-state index in [0.29, 0.717) is 12.0 Å². The van der Waals surface area contributed by atoms with Gasteiger partial charge in [0.1, 0.15) is 0 Å². The van der Waals surface area contributed by atoms with E-state index < -0.39 is 5.51 Å². The maximum Gasteiger partial charge on any atom is 0.446 e. The first-order chi connectivity index (χ1) is 9.67. The lowest BCUT2D eigenvalue weighted by atomic mass is 10.00. The Morgan fingerprint density at radius 2 is 1.71 bits per heavy atom. The van der Waals surface area contributed by atoms with E-state index in [4.69, 9.17) is 0 Å². The molecule has 0 aliphatic heterocycles. The molecule has 0 fully saturated rings. The molecule has 0 aromatic heterocycles. The summed E-state index contributed by atoms with van der Waals surface area (Å²) in [6.07, 6.45) is 2.04. The van der Waals surface area contributed by atoms with Crippen molar-refractivity contribution in [2.45, 2.75) is 44.1 Å². The monoisotopic (exact) mass is 317 g/mol. The Balaban J connectivity index is 2.81. The van der Waals surface area contributed by atoms with Gasteiger partial charge in [0.25, 0.3) is 0 Å². The molecule has 118 valence electrons. The van der Waals surface area contributed by atoms with Gasteiger partial charge in [-0.3, -0.25) is 0 Å². The van der Waals surface area contributed by atoms with E-state index in [2.05, 4.69) is 33.0 Å². The van der Waals surface area contributed by atoms with Gasteiger partial charge in [0, 0.05) is 17.5 Å². The Bertz CT molecular complexity index is 461. The fraction of sp³-hybridized carbons (Fsp3) is 0.500. The second-order valence-corrected chi connectivity index (χ2v) is 6.66. The SMILES string of the molecule is CC(C)NCC(=Cc1ccc(SC(F)(F)F)cc1)C(C)C. The van der Waals surface area contributed by atoms with Crippen LogP contribution in [0.3, 0.4) is 0 Å². The highest BCUT2D eigenvalue weighted by Crippen LogP contribution is 2.36. The zero-order chi connectivity index (χ0) is 16.0. The lowest BCUT2D eigenvalue weighted by Crippen LogP contribution is -2.26. The average Bonchev–Trinajstić information content (AvgIpc) is 2.34. The molecule has 0 amide bonds. The highest BCUT2D eigenvalue weighted by Gasteiger charge is 2.28. The van der Waals surface area contributed by atoms with Gasteiger partial charge in [-0.15, -0.1) is 0 Å². The molecule has 0 radical (unpaired) electrons. The minimum Gasteiger partial charge on any atom is -0.311 e. The number of hydrogen-bond donors (Lipinski definition) is 1. The summed E-state index contributed by atoms with van der Waals surface area (Å²) in [6.45, 7) is 9.18. The Labute approximate surface area is 129 Å². The Kier molecular flexibility index (Phi) is 6.81. The lowest BCUT2D eigenvalue weighted by Gasteiger charge is -2.15. The van der Waals surface area contributed by atoms with Gasteiger partial charge in [0.2, 0.25) is 0 Å². The molecule has 0 atom stereocenters. The number of hydrogen-bond acceptors (Lipinski definition) is 2. The molecule has 0 aliphatic rings. The summed E-state index contributed by atoms with van der Waals surface area (Å²) in [6, 6.07) is 6.88. The Morgan fingerprint density at radius 1 is 1.14 bits per heavy atom. The maximum atomic E-state index is 12.3. The average molecular weight is 317 g/mol. The largest absolute Gasteiger partial charge is 0.446 e. The number of alkyl halides is 3. The third kappa shape index (κ3) is 7.58. The van der Waals surface area contributed by atoms with Crippen LogP contribution in [0, 0.1) is 5.92 Å². The van der Waals surface area contributed by atoms with Crippen LogP contribution in [0.15, 0.2) is 34.7 Å². The van der Waals surface area contributed by atoms with Gasteiger partial charge in [-0.2, -0.15) is 13.2 Å². The molecule has 0 saturated heterocycles. The normalized spacial score (nSPS) is 13.3. The van der Waals surface area contributed by atoms with Crippen molar-refractivity contribution in [3.63, 3.8) is 0 Å². The molecular formula is C16H22F3NS. The highest BCUT2D eigenvalue weighted by atomic mass is 32.2. The van der Waals surface area contributed by atoms with Crippen LogP contribution >= 0.6 is 11.8 Å². The van der Waals surface area contributed by atoms with E-state index in [1.54, 1.807) is 12.1 Å². The van der Waals surface area contributed by atoms with Crippen LogP contribution in [0.4, 0.5) is 13.2 Å². The number of thioether (sulfide) groups is 1. The zero-order valence-corrected chi connectivity index (χ0v) is 13.6. The van der Waals surface area contributed by atoms with Crippen molar-refractivity contribution in [3.05, 3.63) is 35.4 Å². The summed E-state index contributed by atoms with van der Waals surface area (Å²) in [7, 11) is 0. The van der Waals surface area contributed by atoms with Crippen LogP contribution in [-0.2, 0) is 0 Å². The predicted octanol–water partition coefficient (Wildman–Crippen LogP) is 5.34. The maximum absolute atomic E-state index is 12.3. The van der Waals surface area contributed by atoms with Gasteiger partial charge in [0.05, 0.1) is 0 Å². The minimum absolute atomic E-state index is 0.0842. The molecule has 0 bridgehead atoms. The number of nitrogens with one attached hydrogen (secondary N) is 1. The molecule has 0 saturated carbocycles. The van der Waals surface area contributed by atoms with Crippen LogP contribution in [-0.4, -0.2) is 18.1 Å². The molecule has 0 spiro atoms. The fourth-order valence-electron chi connectivity index (χ4n) is 1.72. The van der Waals surface area contributed by atoms with Crippen molar-refractivity contribution in [1.82, 2.24) is 5.32 Å². The second-order valence-electron chi connectivity index (χ2n) is 5.53. The summed E-state index contributed by atoms with van der Waals surface area (Å²) < 4.78 is 36.8. The molecule has 1 rings (SSSR count). The van der Waals surface area contributed by atoms with E-state index in [9.17, 15) is 13.2 Å². The summed E-state index contributed by atoms with van der Waals surface area (Å²) in [4.78, 5) is 0.214. The van der Waals surface area contributed by atoms with Gasteiger partial charge in [0.15, 0.2) is 0 Å². The van der Waals surface area contributed by atoms with Crippen LogP contribution < -0.4 is 5.32 Å². The molecule has 5 heteroatoms. The zero-order valence-electron chi connectivity index (χ0n) is 12.8. The molecular weight excluding hydrogens is 295 g/mol. The van der Waals surface area contributed by atoms with Crippen molar-refractivity contribution < 1.29 is 13.2 Å². The Hall–Kier alpha value is -0.940. The third-order valence-corrected chi connectivity index (χ3v) is 3.66. The quantitative estimate of drug-likeness (QED) is 0.711. The smallest absolute Gasteiger partial charge is 0.311 e. The third-order valence-electron chi connectivity index (χ3n) is 2.92. The second kappa shape index (κ2) is 7.90. The predicted molar refractivity (Wildman–Crippen MR) is 84.3 cm³/mol. The molecule has 0 heterocycles. The first-order valence-electron chi connectivity index (χ1n) is 6.97. The molecule has 0 aliphatic carbocycles. The van der Waals surface area contributed by atoms with Crippen LogP contribution in [0.1, 0.15) is 33.3 Å². The van der Waals surface area contributed by atoms with Crippen molar-refractivity contribution in [2.75, 3.05) is 6.54 Å². The summed E-state index contributed by atoms with van der Waals surface area (Å²) in [5.41, 5.74) is -2.07. The summed E-state index contributed by atoms with van der Waals surface area (Å²) in [5, 5.41) is 3.37. The van der Waals surface area contributed by atoms with Crippen LogP contribution in [0.2, 0.25) is 0 Å². The van der Waals surface area contributed by atoms with Crippen LogP contribution in [0.5, 0.6) is 0 Å². The van der Waals surface area contributed by atoms with Gasteiger partial charge in [-0.1, -0.05) is 51.5 Å². The van der Waals surface area contributed by atoms with Crippen molar-refractivity contribution in [3.8, 4) is 0 Å². The molecule has 1 aromatic rings. The summed E-state index contributed by atoms with van der Waals surface area (Å²) in [5.74, 6) is 0.389. The molecule has 21 heavy (non-hydrogen) atoms. The van der Waals surface area contributed by atoms with Crippen molar-refractivity contribution in [2.24, 2.45) is 5.92 Å². The first-order valence-corrected chi connectivity index (χ1v) is 7.78. The van der Waals surface area contributed by atoms with Crippen LogP contribution in [0.25, 0.3) is 6.08 Å². The van der Waals surface area contributed by atoms with Crippen molar-refractivity contribution >= 4 is 17.8 Å². The van der Waals surface area contributed by atoms with E-state index in [0.717, 1.165) is 12.1 Å².